The lowest BCUT2D eigenvalue weighted by Gasteiger charge is -2.16. The van der Waals surface area contributed by atoms with Crippen molar-refractivity contribution in [1.29, 1.82) is 0 Å². The summed E-state index contributed by atoms with van der Waals surface area (Å²) in [6.07, 6.45) is 3.28. The summed E-state index contributed by atoms with van der Waals surface area (Å²) in [4.78, 5) is 0. The van der Waals surface area contributed by atoms with Crippen molar-refractivity contribution in [2.24, 2.45) is 0 Å². The maximum absolute atomic E-state index is 11.5. The standard InChI is InChI=1S/C8H20N2O3S2/c1-10(6-4-7-11)15(12,13)9-5-3-8-14-2/h9,11H,3-8H2,1-2H3. The summed E-state index contributed by atoms with van der Waals surface area (Å²) in [7, 11) is -1.84. The first-order chi connectivity index (χ1) is 7.04. The predicted molar refractivity (Wildman–Crippen MR) is 64.3 cm³/mol. The molecule has 0 saturated heterocycles. The minimum absolute atomic E-state index is 0.00628. The second kappa shape index (κ2) is 8.35. The number of hydrogen-bond acceptors (Lipinski definition) is 4. The summed E-state index contributed by atoms with van der Waals surface area (Å²) < 4.78 is 26.8. The van der Waals surface area contributed by atoms with E-state index < -0.39 is 10.2 Å². The topological polar surface area (TPSA) is 69.6 Å². The van der Waals surface area contributed by atoms with Crippen LogP contribution < -0.4 is 4.72 Å². The van der Waals surface area contributed by atoms with Crippen LogP contribution in [0.5, 0.6) is 0 Å². The van der Waals surface area contributed by atoms with Crippen molar-refractivity contribution >= 4 is 22.0 Å². The molecule has 5 nitrogen and oxygen atoms in total. The lowest BCUT2D eigenvalue weighted by atomic mass is 10.5. The van der Waals surface area contributed by atoms with Crippen LogP contribution in [0, 0.1) is 0 Å². The second-order valence-electron chi connectivity index (χ2n) is 3.14. The van der Waals surface area contributed by atoms with Crippen molar-refractivity contribution in [3.8, 4) is 0 Å². The molecule has 0 aromatic heterocycles. The molecule has 7 heteroatoms. The lowest BCUT2D eigenvalue weighted by molar-refractivity contribution is 0.275. The van der Waals surface area contributed by atoms with Crippen LogP contribution in [0.25, 0.3) is 0 Å². The van der Waals surface area contributed by atoms with Crippen molar-refractivity contribution < 1.29 is 13.5 Å². The highest BCUT2D eigenvalue weighted by Crippen LogP contribution is 1.98. The molecule has 92 valence electrons. The van der Waals surface area contributed by atoms with Crippen LogP contribution >= 0.6 is 11.8 Å². The molecule has 0 fully saturated rings. The van der Waals surface area contributed by atoms with E-state index in [0.29, 0.717) is 19.5 Å². The van der Waals surface area contributed by atoms with Gasteiger partial charge in [-0.15, -0.1) is 0 Å². The molecule has 0 amide bonds. The number of nitrogens with zero attached hydrogens (tertiary/aromatic N) is 1. The zero-order valence-electron chi connectivity index (χ0n) is 9.27. The van der Waals surface area contributed by atoms with E-state index in [1.807, 2.05) is 6.26 Å². The predicted octanol–water partition coefficient (Wildman–Crippen LogP) is -0.112. The Bertz CT molecular complexity index is 244. The minimum Gasteiger partial charge on any atom is -0.396 e. The third-order valence-corrected chi connectivity index (χ3v) is 4.12. The molecule has 0 aromatic carbocycles. The molecule has 0 saturated carbocycles. The highest BCUT2D eigenvalue weighted by Gasteiger charge is 2.15. The Morgan fingerprint density at radius 2 is 2.07 bits per heavy atom. The molecule has 0 aliphatic carbocycles. The van der Waals surface area contributed by atoms with Crippen molar-refractivity contribution in [1.82, 2.24) is 9.03 Å². The van der Waals surface area contributed by atoms with Gasteiger partial charge in [0.2, 0.25) is 0 Å². The van der Waals surface area contributed by atoms with Gasteiger partial charge in [0.25, 0.3) is 10.2 Å². The van der Waals surface area contributed by atoms with Gasteiger partial charge in [-0.1, -0.05) is 0 Å². The molecule has 0 radical (unpaired) electrons. The fourth-order valence-corrected chi connectivity index (χ4v) is 2.37. The third kappa shape index (κ3) is 7.13. The molecule has 0 unspecified atom stereocenters. The van der Waals surface area contributed by atoms with Gasteiger partial charge < -0.3 is 5.11 Å². The maximum atomic E-state index is 11.5. The summed E-state index contributed by atoms with van der Waals surface area (Å²) in [5.74, 6) is 0.947. The molecular weight excluding hydrogens is 236 g/mol. The third-order valence-electron chi connectivity index (χ3n) is 1.85. The molecule has 2 N–H and O–H groups in total. The first-order valence-electron chi connectivity index (χ1n) is 4.85. The van der Waals surface area contributed by atoms with Gasteiger partial charge in [-0.25, -0.2) is 4.72 Å². The zero-order valence-corrected chi connectivity index (χ0v) is 10.9. The van der Waals surface area contributed by atoms with Crippen molar-refractivity contribution in [2.45, 2.75) is 12.8 Å². The number of rotatable bonds is 9. The SMILES string of the molecule is CSCCCNS(=O)(=O)N(C)CCCO. The summed E-state index contributed by atoms with van der Waals surface area (Å²) in [6.45, 7) is 0.813. The summed E-state index contributed by atoms with van der Waals surface area (Å²) in [5, 5.41) is 8.58. The van der Waals surface area contributed by atoms with Crippen LogP contribution in [-0.4, -0.2) is 56.6 Å². The number of aliphatic hydroxyl groups excluding tert-OH is 1. The van der Waals surface area contributed by atoms with E-state index in [2.05, 4.69) is 4.72 Å². The summed E-state index contributed by atoms with van der Waals surface area (Å²) in [6, 6.07) is 0. The van der Waals surface area contributed by atoms with Gasteiger partial charge in [0.05, 0.1) is 0 Å². The molecule has 15 heavy (non-hydrogen) atoms. The highest BCUT2D eigenvalue weighted by atomic mass is 32.2. The van der Waals surface area contributed by atoms with E-state index in [0.717, 1.165) is 12.2 Å². The van der Waals surface area contributed by atoms with Crippen molar-refractivity contribution in [3.05, 3.63) is 0 Å². The first kappa shape index (κ1) is 15.2. The van der Waals surface area contributed by atoms with Crippen molar-refractivity contribution in [3.63, 3.8) is 0 Å². The average molecular weight is 256 g/mol. The van der Waals surface area contributed by atoms with Gasteiger partial charge in [-0.2, -0.15) is 24.5 Å². The number of thioether (sulfide) groups is 1. The fourth-order valence-electron chi connectivity index (χ4n) is 0.941. The smallest absolute Gasteiger partial charge is 0.279 e. The van der Waals surface area contributed by atoms with Crippen LogP contribution in [-0.2, 0) is 10.2 Å². The van der Waals surface area contributed by atoms with Gasteiger partial charge in [-0.3, -0.25) is 0 Å². The van der Waals surface area contributed by atoms with Crippen molar-refractivity contribution in [2.75, 3.05) is 38.8 Å². The largest absolute Gasteiger partial charge is 0.396 e. The Morgan fingerprint density at radius 3 is 2.60 bits per heavy atom. The summed E-state index contributed by atoms with van der Waals surface area (Å²) >= 11 is 1.69. The average Bonchev–Trinajstić information content (AvgIpc) is 2.21. The number of hydrogen-bond donors (Lipinski definition) is 2. The molecule has 0 spiro atoms. The van der Waals surface area contributed by atoms with Crippen LogP contribution in [0.2, 0.25) is 0 Å². The molecule has 0 aliphatic rings. The van der Waals surface area contributed by atoms with Crippen LogP contribution in [0.1, 0.15) is 12.8 Å². The normalized spacial score (nSPS) is 12.3. The maximum Gasteiger partial charge on any atom is 0.279 e. The molecule has 0 atom stereocenters. The van der Waals surface area contributed by atoms with E-state index in [4.69, 9.17) is 5.11 Å². The van der Waals surface area contributed by atoms with Gasteiger partial charge in [0, 0.05) is 26.7 Å². The van der Waals surface area contributed by atoms with E-state index in [-0.39, 0.29) is 6.61 Å². The van der Waals surface area contributed by atoms with E-state index in [1.165, 1.54) is 11.4 Å². The van der Waals surface area contributed by atoms with E-state index >= 15 is 0 Å². The molecule has 0 bridgehead atoms. The summed E-state index contributed by atoms with van der Waals surface area (Å²) in [5.41, 5.74) is 0. The second-order valence-corrected chi connectivity index (χ2v) is 5.99. The van der Waals surface area contributed by atoms with Crippen LogP contribution in [0.4, 0.5) is 0 Å². The minimum atomic E-state index is -3.35. The molecule has 0 aliphatic heterocycles. The Kier molecular flexibility index (Phi) is 8.45. The fraction of sp³-hybridized carbons (Fsp3) is 1.00. The lowest BCUT2D eigenvalue weighted by Crippen LogP contribution is -2.39. The molecule has 0 heterocycles. The van der Waals surface area contributed by atoms with Crippen LogP contribution in [0.3, 0.4) is 0 Å². The Balaban J connectivity index is 3.84. The van der Waals surface area contributed by atoms with E-state index in [9.17, 15) is 8.42 Å². The molecule has 0 aromatic rings. The Labute approximate surface area is 96.4 Å². The monoisotopic (exact) mass is 256 g/mol. The number of aliphatic hydroxyl groups is 1. The van der Waals surface area contributed by atoms with Gasteiger partial charge >= 0.3 is 0 Å². The Morgan fingerprint density at radius 1 is 1.40 bits per heavy atom. The first-order valence-corrected chi connectivity index (χ1v) is 7.68. The molecule has 0 rings (SSSR count). The Hall–Kier alpha value is 0.180. The van der Waals surface area contributed by atoms with E-state index in [1.54, 1.807) is 11.8 Å². The van der Waals surface area contributed by atoms with Gasteiger partial charge in [0.15, 0.2) is 0 Å². The highest BCUT2D eigenvalue weighted by molar-refractivity contribution is 7.98. The number of nitrogens with one attached hydrogen (secondary N) is 1. The molecular formula is C8H20N2O3S2. The van der Waals surface area contributed by atoms with Crippen LogP contribution in [0.15, 0.2) is 0 Å². The zero-order chi connectivity index (χ0) is 11.7. The van der Waals surface area contributed by atoms with Gasteiger partial charge in [-0.05, 0) is 24.9 Å². The quantitative estimate of drug-likeness (QED) is 0.565. The van der Waals surface area contributed by atoms with Gasteiger partial charge in [0.1, 0.15) is 0 Å².